The number of pyridine rings is 1. The molecule has 1 fully saturated rings. The summed E-state index contributed by atoms with van der Waals surface area (Å²) >= 11 is 0. The van der Waals surface area contributed by atoms with Gasteiger partial charge in [-0.15, -0.1) is 0 Å². The van der Waals surface area contributed by atoms with Gasteiger partial charge in [-0.05, 0) is 37.1 Å². The predicted molar refractivity (Wildman–Crippen MR) is 84.3 cm³/mol. The molecule has 1 amide bonds. The number of hydrogen-bond donors (Lipinski definition) is 0. The quantitative estimate of drug-likeness (QED) is 0.844. The number of aromatic nitrogens is 1. The topological polar surface area (TPSA) is 42.4 Å². The lowest BCUT2D eigenvalue weighted by molar-refractivity contribution is 0.0500. The van der Waals surface area contributed by atoms with Gasteiger partial charge in [0, 0.05) is 19.3 Å². The second kappa shape index (κ2) is 7.49. The lowest BCUT2D eigenvalue weighted by Gasteiger charge is -2.25. The van der Waals surface area contributed by atoms with E-state index in [-0.39, 0.29) is 18.2 Å². The fraction of sp³-hybridized carbons (Fsp3) is 0.333. The van der Waals surface area contributed by atoms with Gasteiger partial charge in [-0.3, -0.25) is 9.78 Å². The smallest absolute Gasteiger partial charge is 0.257 e. The zero-order valence-electron chi connectivity index (χ0n) is 13.1. The first kappa shape index (κ1) is 16.5. The highest BCUT2D eigenvalue weighted by atomic mass is 19.2. The van der Waals surface area contributed by atoms with Gasteiger partial charge < -0.3 is 9.64 Å². The Bertz CT molecular complexity index is 703. The number of halogens is 2. The van der Waals surface area contributed by atoms with Gasteiger partial charge in [0.1, 0.15) is 0 Å². The molecule has 4 nitrogen and oxygen atoms in total. The summed E-state index contributed by atoms with van der Waals surface area (Å²) in [5.41, 5.74) is 0.407. The Balaban J connectivity index is 1.84. The van der Waals surface area contributed by atoms with Crippen LogP contribution in [0.4, 0.5) is 8.78 Å². The van der Waals surface area contributed by atoms with Crippen LogP contribution in [0.25, 0.3) is 0 Å². The minimum atomic E-state index is -1.12. The van der Waals surface area contributed by atoms with Crippen LogP contribution in [0.3, 0.4) is 0 Å². The molecule has 6 heteroatoms. The summed E-state index contributed by atoms with van der Waals surface area (Å²) in [6.07, 6.45) is 3.32. The number of hydrogen-bond acceptors (Lipinski definition) is 3. The van der Waals surface area contributed by atoms with Crippen LogP contribution in [0, 0.1) is 11.6 Å². The van der Waals surface area contributed by atoms with Crippen molar-refractivity contribution in [2.45, 2.75) is 25.5 Å². The van der Waals surface area contributed by atoms with Crippen LogP contribution in [-0.2, 0) is 11.3 Å². The lowest BCUT2D eigenvalue weighted by Crippen LogP contribution is -2.37. The Labute approximate surface area is 139 Å². The van der Waals surface area contributed by atoms with Crippen molar-refractivity contribution in [3.8, 4) is 0 Å². The van der Waals surface area contributed by atoms with Crippen LogP contribution in [-0.4, -0.2) is 35.0 Å². The summed E-state index contributed by atoms with van der Waals surface area (Å²) in [4.78, 5) is 18.4. The largest absolute Gasteiger partial charge is 0.376 e. The molecular weight excluding hydrogens is 314 g/mol. The van der Waals surface area contributed by atoms with Crippen molar-refractivity contribution >= 4 is 5.91 Å². The average Bonchev–Trinajstić information content (AvgIpc) is 3.10. The van der Waals surface area contributed by atoms with Gasteiger partial charge in [0.2, 0.25) is 0 Å². The van der Waals surface area contributed by atoms with Gasteiger partial charge >= 0.3 is 0 Å². The Kier molecular flexibility index (Phi) is 5.15. The third-order valence-electron chi connectivity index (χ3n) is 4.00. The van der Waals surface area contributed by atoms with Gasteiger partial charge in [0.15, 0.2) is 11.6 Å². The summed E-state index contributed by atoms with van der Waals surface area (Å²) in [5, 5.41) is 0. The molecule has 1 atom stereocenters. The molecule has 126 valence electrons. The molecule has 0 aliphatic carbocycles. The highest BCUT2D eigenvalue weighted by molar-refractivity contribution is 5.94. The van der Waals surface area contributed by atoms with Crippen molar-refractivity contribution in [2.75, 3.05) is 13.2 Å². The third kappa shape index (κ3) is 3.76. The Morgan fingerprint density at radius 2 is 2.12 bits per heavy atom. The third-order valence-corrected chi connectivity index (χ3v) is 4.00. The van der Waals surface area contributed by atoms with E-state index in [4.69, 9.17) is 4.74 Å². The van der Waals surface area contributed by atoms with Crippen molar-refractivity contribution < 1.29 is 18.3 Å². The SMILES string of the molecule is O=C(c1cccc(F)c1F)N(Cc1ccccn1)CC1CCCO1. The standard InChI is InChI=1S/C18H18F2N2O2/c19-16-8-3-7-15(17(16)20)18(23)22(12-14-6-4-10-24-14)11-13-5-1-2-9-21-13/h1-3,5,7-9,14H,4,6,10-12H2. The van der Waals surface area contributed by atoms with Crippen molar-refractivity contribution in [1.82, 2.24) is 9.88 Å². The fourth-order valence-electron chi connectivity index (χ4n) is 2.78. The molecule has 24 heavy (non-hydrogen) atoms. The van der Waals surface area contributed by atoms with E-state index in [1.165, 1.54) is 17.0 Å². The van der Waals surface area contributed by atoms with Crippen LogP contribution in [0.5, 0.6) is 0 Å². The van der Waals surface area contributed by atoms with Crippen molar-refractivity contribution in [3.05, 3.63) is 65.5 Å². The second-order valence-electron chi connectivity index (χ2n) is 5.74. The minimum absolute atomic E-state index is 0.0886. The zero-order chi connectivity index (χ0) is 16.9. The molecule has 2 heterocycles. The normalized spacial score (nSPS) is 17.0. The molecule has 1 aromatic heterocycles. The van der Waals surface area contributed by atoms with Crippen molar-refractivity contribution in [2.24, 2.45) is 0 Å². The second-order valence-corrected chi connectivity index (χ2v) is 5.74. The number of nitrogens with zero attached hydrogens (tertiary/aromatic N) is 2. The van der Waals surface area contributed by atoms with Crippen LogP contribution in [0.1, 0.15) is 28.9 Å². The molecule has 0 N–H and O–H groups in total. The monoisotopic (exact) mass is 332 g/mol. The Morgan fingerprint density at radius 1 is 1.25 bits per heavy atom. The first-order valence-electron chi connectivity index (χ1n) is 7.90. The molecule has 3 rings (SSSR count). The number of amides is 1. The highest BCUT2D eigenvalue weighted by Crippen LogP contribution is 2.19. The van der Waals surface area contributed by atoms with E-state index in [9.17, 15) is 13.6 Å². The molecule has 0 radical (unpaired) electrons. The highest BCUT2D eigenvalue weighted by Gasteiger charge is 2.26. The predicted octanol–water partition coefficient (Wildman–Crippen LogP) is 3.18. The molecule has 1 aromatic carbocycles. The van der Waals surface area contributed by atoms with Gasteiger partial charge in [0.25, 0.3) is 5.91 Å². The summed E-state index contributed by atoms with van der Waals surface area (Å²) < 4.78 is 33.0. The van der Waals surface area contributed by atoms with Crippen LogP contribution >= 0.6 is 0 Å². The summed E-state index contributed by atoms with van der Waals surface area (Å²) in [6, 6.07) is 9.01. The molecular formula is C18H18F2N2O2. The average molecular weight is 332 g/mol. The van der Waals surface area contributed by atoms with Gasteiger partial charge in [-0.2, -0.15) is 0 Å². The van der Waals surface area contributed by atoms with E-state index in [2.05, 4.69) is 4.98 Å². The molecule has 1 aliphatic rings. The molecule has 0 bridgehead atoms. The van der Waals surface area contributed by atoms with E-state index >= 15 is 0 Å². The molecule has 0 saturated carbocycles. The summed E-state index contributed by atoms with van der Waals surface area (Å²) in [7, 11) is 0. The lowest BCUT2D eigenvalue weighted by atomic mass is 10.1. The first-order chi connectivity index (χ1) is 11.6. The number of benzene rings is 1. The summed E-state index contributed by atoms with van der Waals surface area (Å²) in [6.45, 7) is 1.20. The van der Waals surface area contributed by atoms with Gasteiger partial charge in [-0.1, -0.05) is 12.1 Å². The molecule has 1 aliphatic heterocycles. The molecule has 2 aromatic rings. The fourth-order valence-corrected chi connectivity index (χ4v) is 2.78. The van der Waals surface area contributed by atoms with E-state index in [0.717, 1.165) is 18.9 Å². The maximum absolute atomic E-state index is 14.0. The van der Waals surface area contributed by atoms with Crippen LogP contribution in [0.15, 0.2) is 42.6 Å². The maximum atomic E-state index is 14.0. The molecule has 1 unspecified atom stereocenters. The first-order valence-corrected chi connectivity index (χ1v) is 7.90. The van der Waals surface area contributed by atoms with Crippen molar-refractivity contribution in [3.63, 3.8) is 0 Å². The maximum Gasteiger partial charge on any atom is 0.257 e. The molecule has 1 saturated heterocycles. The number of carbonyl (C=O) groups excluding carboxylic acids is 1. The summed E-state index contributed by atoms with van der Waals surface area (Å²) in [5.74, 6) is -2.72. The number of carbonyl (C=O) groups is 1. The van der Waals surface area contributed by atoms with Crippen LogP contribution < -0.4 is 0 Å². The number of rotatable bonds is 5. The van der Waals surface area contributed by atoms with Gasteiger partial charge in [-0.25, -0.2) is 8.78 Å². The minimum Gasteiger partial charge on any atom is -0.376 e. The van der Waals surface area contributed by atoms with E-state index in [0.29, 0.717) is 18.8 Å². The van der Waals surface area contributed by atoms with E-state index in [1.54, 1.807) is 18.3 Å². The van der Waals surface area contributed by atoms with Crippen LogP contribution in [0.2, 0.25) is 0 Å². The Morgan fingerprint density at radius 3 is 2.83 bits per heavy atom. The molecule has 0 spiro atoms. The zero-order valence-corrected chi connectivity index (χ0v) is 13.1. The number of ether oxygens (including phenoxy) is 1. The van der Waals surface area contributed by atoms with Gasteiger partial charge in [0.05, 0.1) is 23.9 Å². The van der Waals surface area contributed by atoms with E-state index in [1.807, 2.05) is 6.07 Å². The van der Waals surface area contributed by atoms with E-state index < -0.39 is 17.5 Å². The Hall–Kier alpha value is -2.34. The van der Waals surface area contributed by atoms with Crippen molar-refractivity contribution in [1.29, 1.82) is 0 Å².